The lowest BCUT2D eigenvalue weighted by molar-refractivity contribution is -0.127. The van der Waals surface area contributed by atoms with Crippen molar-refractivity contribution in [3.05, 3.63) is 12.7 Å². The molecule has 0 unspecified atom stereocenters. The van der Waals surface area contributed by atoms with Gasteiger partial charge in [-0.3, -0.25) is 4.79 Å². The Hall–Kier alpha value is -1.52. The molecule has 0 heterocycles. The maximum absolute atomic E-state index is 11.6. The van der Waals surface area contributed by atoms with Crippen molar-refractivity contribution in [2.75, 3.05) is 40.8 Å². The molecule has 0 bridgehead atoms. The molecule has 0 fully saturated rings. The van der Waals surface area contributed by atoms with Crippen LogP contribution in [0.1, 0.15) is 39.0 Å². The molecule has 122 valence electrons. The first kappa shape index (κ1) is 19.5. The van der Waals surface area contributed by atoms with Crippen LogP contribution in [0.15, 0.2) is 17.6 Å². The molecule has 0 aliphatic rings. The van der Waals surface area contributed by atoms with Gasteiger partial charge in [0, 0.05) is 34.2 Å². The Labute approximate surface area is 130 Å². The van der Waals surface area contributed by atoms with E-state index >= 15 is 0 Å². The lowest BCUT2D eigenvalue weighted by atomic mass is 10.2. The standard InChI is InChI=1S/C16H32N4O/c1-6-8-9-10-11-13-20(5)16(17-12-7-2)18-14-15(21)19(3)4/h6H,1,7-14H2,2-5H3,(H,17,18). The zero-order valence-electron chi connectivity index (χ0n) is 14.2. The number of carbonyl (C=O) groups excluding carboxylic acids is 1. The molecule has 0 radical (unpaired) electrons. The number of amides is 1. The van der Waals surface area contributed by atoms with Crippen LogP contribution in [-0.4, -0.2) is 62.4 Å². The molecule has 5 heteroatoms. The number of nitrogens with one attached hydrogen (secondary N) is 1. The van der Waals surface area contributed by atoms with Crippen LogP contribution >= 0.6 is 0 Å². The smallest absolute Gasteiger partial charge is 0.243 e. The molecule has 0 aromatic heterocycles. The highest BCUT2D eigenvalue weighted by molar-refractivity contribution is 5.84. The topological polar surface area (TPSA) is 47.9 Å². The molecular formula is C16H32N4O. The summed E-state index contributed by atoms with van der Waals surface area (Å²) >= 11 is 0. The normalized spacial score (nSPS) is 11.1. The third-order valence-corrected chi connectivity index (χ3v) is 3.16. The summed E-state index contributed by atoms with van der Waals surface area (Å²) < 4.78 is 0. The van der Waals surface area contributed by atoms with Crippen molar-refractivity contribution >= 4 is 11.9 Å². The Bertz CT molecular complexity index is 326. The number of hydrogen-bond donors (Lipinski definition) is 1. The second kappa shape index (κ2) is 12.2. The van der Waals surface area contributed by atoms with Crippen LogP contribution in [0.5, 0.6) is 0 Å². The summed E-state index contributed by atoms with van der Waals surface area (Å²) in [5.41, 5.74) is 0. The van der Waals surface area contributed by atoms with Gasteiger partial charge < -0.3 is 15.1 Å². The van der Waals surface area contributed by atoms with E-state index < -0.39 is 0 Å². The zero-order valence-corrected chi connectivity index (χ0v) is 14.2. The highest BCUT2D eigenvalue weighted by atomic mass is 16.2. The fourth-order valence-electron chi connectivity index (χ4n) is 1.75. The SMILES string of the molecule is C=CCCCCCN(C)C(=NCC(=O)N(C)C)NCCC. The van der Waals surface area contributed by atoms with E-state index in [4.69, 9.17) is 0 Å². The molecule has 0 rings (SSSR count). The van der Waals surface area contributed by atoms with Gasteiger partial charge >= 0.3 is 0 Å². The number of carbonyl (C=O) groups is 1. The lowest BCUT2D eigenvalue weighted by Gasteiger charge is -2.22. The van der Waals surface area contributed by atoms with E-state index in [2.05, 4.69) is 28.7 Å². The summed E-state index contributed by atoms with van der Waals surface area (Å²) in [6.45, 7) is 7.86. The zero-order chi connectivity index (χ0) is 16.1. The summed E-state index contributed by atoms with van der Waals surface area (Å²) in [5.74, 6) is 0.834. The van der Waals surface area contributed by atoms with Gasteiger partial charge in [0.25, 0.3) is 0 Å². The minimum absolute atomic E-state index is 0.0187. The monoisotopic (exact) mass is 296 g/mol. The Morgan fingerprint density at radius 2 is 1.95 bits per heavy atom. The highest BCUT2D eigenvalue weighted by Crippen LogP contribution is 2.01. The maximum Gasteiger partial charge on any atom is 0.243 e. The fraction of sp³-hybridized carbons (Fsp3) is 0.750. The predicted octanol–water partition coefficient (Wildman–Crippen LogP) is 2.11. The van der Waals surface area contributed by atoms with Crippen molar-refractivity contribution in [2.24, 2.45) is 4.99 Å². The minimum Gasteiger partial charge on any atom is -0.356 e. The molecule has 0 atom stereocenters. The van der Waals surface area contributed by atoms with E-state index in [-0.39, 0.29) is 12.5 Å². The maximum atomic E-state index is 11.6. The number of nitrogens with zero attached hydrogens (tertiary/aromatic N) is 3. The molecule has 0 aliphatic heterocycles. The quantitative estimate of drug-likeness (QED) is 0.291. The van der Waals surface area contributed by atoms with Crippen molar-refractivity contribution < 1.29 is 4.79 Å². The molecule has 0 aromatic rings. The first-order valence-electron chi connectivity index (χ1n) is 7.83. The van der Waals surface area contributed by atoms with Gasteiger partial charge in [0.1, 0.15) is 6.54 Å². The Morgan fingerprint density at radius 1 is 1.24 bits per heavy atom. The number of rotatable bonds is 10. The fourth-order valence-corrected chi connectivity index (χ4v) is 1.75. The summed E-state index contributed by atoms with van der Waals surface area (Å²) in [7, 11) is 5.52. The molecule has 0 spiro atoms. The molecule has 0 aromatic carbocycles. The van der Waals surface area contributed by atoms with Crippen LogP contribution in [0.25, 0.3) is 0 Å². The number of likely N-dealkylation sites (N-methyl/N-ethyl adjacent to an activating group) is 1. The van der Waals surface area contributed by atoms with E-state index in [1.54, 1.807) is 19.0 Å². The average molecular weight is 296 g/mol. The molecule has 21 heavy (non-hydrogen) atoms. The Balaban J connectivity index is 4.33. The second-order valence-electron chi connectivity index (χ2n) is 5.41. The van der Waals surface area contributed by atoms with Crippen LogP contribution in [0.4, 0.5) is 0 Å². The number of aliphatic imine (C=N–C) groups is 1. The second-order valence-corrected chi connectivity index (χ2v) is 5.41. The highest BCUT2D eigenvalue weighted by Gasteiger charge is 2.08. The first-order chi connectivity index (χ1) is 10.0. The van der Waals surface area contributed by atoms with Crippen LogP contribution < -0.4 is 5.32 Å². The van der Waals surface area contributed by atoms with Crippen molar-refractivity contribution in [3.8, 4) is 0 Å². The third-order valence-electron chi connectivity index (χ3n) is 3.16. The molecular weight excluding hydrogens is 264 g/mol. The van der Waals surface area contributed by atoms with Crippen molar-refractivity contribution in [2.45, 2.75) is 39.0 Å². The molecule has 1 N–H and O–H groups in total. The van der Waals surface area contributed by atoms with E-state index in [0.717, 1.165) is 38.3 Å². The van der Waals surface area contributed by atoms with Gasteiger partial charge in [0.2, 0.25) is 5.91 Å². The summed E-state index contributed by atoms with van der Waals surface area (Å²) in [6, 6.07) is 0. The number of allylic oxidation sites excluding steroid dienone is 1. The van der Waals surface area contributed by atoms with Gasteiger partial charge in [-0.25, -0.2) is 4.99 Å². The van der Waals surface area contributed by atoms with Gasteiger partial charge in [-0.1, -0.05) is 19.4 Å². The van der Waals surface area contributed by atoms with Gasteiger partial charge in [-0.2, -0.15) is 0 Å². The first-order valence-corrected chi connectivity index (χ1v) is 7.83. The molecule has 1 amide bonds. The van der Waals surface area contributed by atoms with E-state index in [9.17, 15) is 4.79 Å². The van der Waals surface area contributed by atoms with Crippen LogP contribution in [0, 0.1) is 0 Å². The van der Waals surface area contributed by atoms with E-state index in [0.29, 0.717) is 0 Å². The van der Waals surface area contributed by atoms with Crippen LogP contribution in [-0.2, 0) is 4.79 Å². The number of hydrogen-bond acceptors (Lipinski definition) is 2. The van der Waals surface area contributed by atoms with Crippen LogP contribution in [0.3, 0.4) is 0 Å². The molecule has 0 saturated carbocycles. The molecule has 0 saturated heterocycles. The summed E-state index contributed by atoms with van der Waals surface area (Å²) in [5, 5.41) is 3.30. The van der Waals surface area contributed by atoms with Gasteiger partial charge in [-0.15, -0.1) is 6.58 Å². The van der Waals surface area contributed by atoms with E-state index in [1.807, 2.05) is 13.1 Å². The molecule has 0 aliphatic carbocycles. The van der Waals surface area contributed by atoms with Gasteiger partial charge in [0.05, 0.1) is 0 Å². The van der Waals surface area contributed by atoms with Gasteiger partial charge in [0.15, 0.2) is 5.96 Å². The third kappa shape index (κ3) is 9.93. The average Bonchev–Trinajstić information content (AvgIpc) is 2.46. The minimum atomic E-state index is 0.0187. The van der Waals surface area contributed by atoms with E-state index in [1.165, 1.54) is 12.8 Å². The number of guanidine groups is 1. The van der Waals surface area contributed by atoms with Crippen molar-refractivity contribution in [1.82, 2.24) is 15.1 Å². The summed E-state index contributed by atoms with van der Waals surface area (Å²) in [6.07, 6.45) is 7.58. The van der Waals surface area contributed by atoms with Crippen molar-refractivity contribution in [3.63, 3.8) is 0 Å². The number of unbranched alkanes of at least 4 members (excludes halogenated alkanes) is 3. The van der Waals surface area contributed by atoms with Gasteiger partial charge in [-0.05, 0) is 25.7 Å². The van der Waals surface area contributed by atoms with Crippen LogP contribution in [0.2, 0.25) is 0 Å². The Morgan fingerprint density at radius 3 is 2.52 bits per heavy atom. The largest absolute Gasteiger partial charge is 0.356 e. The molecule has 5 nitrogen and oxygen atoms in total. The Kier molecular flexibility index (Phi) is 11.4. The predicted molar refractivity (Wildman–Crippen MR) is 90.6 cm³/mol. The summed E-state index contributed by atoms with van der Waals surface area (Å²) in [4.78, 5) is 19.7. The van der Waals surface area contributed by atoms with Crippen molar-refractivity contribution in [1.29, 1.82) is 0 Å². The lowest BCUT2D eigenvalue weighted by Crippen LogP contribution is -2.40.